The molecule has 0 aromatic carbocycles. The van der Waals surface area contributed by atoms with Crippen molar-refractivity contribution in [2.24, 2.45) is 0 Å². The van der Waals surface area contributed by atoms with Crippen LogP contribution in [0.4, 0.5) is 0 Å². The van der Waals surface area contributed by atoms with Crippen LogP contribution in [0.2, 0.25) is 0 Å². The van der Waals surface area contributed by atoms with Crippen molar-refractivity contribution in [3.05, 3.63) is 58.9 Å². The molecule has 0 unspecified atom stereocenters. The van der Waals surface area contributed by atoms with Gasteiger partial charge in [0.05, 0.1) is 35.7 Å². The van der Waals surface area contributed by atoms with Crippen molar-refractivity contribution in [1.82, 2.24) is 24.8 Å². The number of ketones is 1. The summed E-state index contributed by atoms with van der Waals surface area (Å²) < 4.78 is 5.38. The molecule has 168 valence electrons. The number of likely N-dealkylation sites (tertiary alicyclic amines) is 1. The number of ether oxygens (including phenoxy) is 1. The lowest BCUT2D eigenvalue weighted by atomic mass is 9.98. The van der Waals surface area contributed by atoms with Crippen LogP contribution in [0.15, 0.2) is 36.2 Å². The summed E-state index contributed by atoms with van der Waals surface area (Å²) in [6.07, 6.45) is 3.79. The highest BCUT2D eigenvalue weighted by molar-refractivity contribution is 6.46. The Morgan fingerprint density at radius 3 is 2.62 bits per heavy atom. The predicted octanol–water partition coefficient (Wildman–Crippen LogP) is 1.63. The first-order valence-electron chi connectivity index (χ1n) is 10.8. The average molecular weight is 438 g/mol. The molecule has 2 aromatic rings. The number of amides is 1. The molecule has 32 heavy (non-hydrogen) atoms. The molecule has 0 aliphatic carbocycles. The number of rotatable bonds is 6. The first-order valence-corrected chi connectivity index (χ1v) is 10.8. The van der Waals surface area contributed by atoms with Crippen LogP contribution in [0.3, 0.4) is 0 Å². The number of aliphatic hydroxyl groups excluding tert-OH is 1. The van der Waals surface area contributed by atoms with E-state index in [0.29, 0.717) is 49.0 Å². The Hall–Kier alpha value is -3.17. The lowest BCUT2D eigenvalue weighted by Crippen LogP contribution is -2.39. The van der Waals surface area contributed by atoms with Crippen LogP contribution >= 0.6 is 0 Å². The minimum absolute atomic E-state index is 0.0237. The van der Waals surface area contributed by atoms with Gasteiger partial charge in [0.2, 0.25) is 0 Å². The van der Waals surface area contributed by atoms with E-state index in [0.717, 1.165) is 19.6 Å². The van der Waals surface area contributed by atoms with Gasteiger partial charge in [0, 0.05) is 38.6 Å². The van der Waals surface area contributed by atoms with Crippen molar-refractivity contribution >= 4 is 17.4 Å². The van der Waals surface area contributed by atoms with Gasteiger partial charge in [-0.1, -0.05) is 6.07 Å². The summed E-state index contributed by atoms with van der Waals surface area (Å²) in [5.41, 5.74) is 1.43. The fourth-order valence-corrected chi connectivity index (χ4v) is 4.21. The lowest BCUT2D eigenvalue weighted by molar-refractivity contribution is -0.140. The predicted molar refractivity (Wildman–Crippen MR) is 117 cm³/mol. The Bertz CT molecular complexity index is 1030. The maximum absolute atomic E-state index is 13.1. The second-order valence-corrected chi connectivity index (χ2v) is 7.97. The van der Waals surface area contributed by atoms with Crippen LogP contribution in [0.25, 0.3) is 5.76 Å². The number of Topliss-reactive ketones (excluding diaryl/α,β-unsaturated/α-hetero) is 1. The molecular formula is C23H27N5O4. The molecule has 0 bridgehead atoms. The van der Waals surface area contributed by atoms with Gasteiger partial charge in [0.1, 0.15) is 17.6 Å². The van der Waals surface area contributed by atoms with Crippen LogP contribution in [-0.2, 0) is 14.3 Å². The summed E-state index contributed by atoms with van der Waals surface area (Å²) in [5, 5.41) is 11.1. The van der Waals surface area contributed by atoms with Gasteiger partial charge < -0.3 is 14.7 Å². The highest BCUT2D eigenvalue weighted by atomic mass is 16.5. The average Bonchev–Trinajstić information content (AvgIpc) is 3.05. The van der Waals surface area contributed by atoms with Crippen molar-refractivity contribution < 1.29 is 19.4 Å². The highest BCUT2D eigenvalue weighted by Gasteiger charge is 2.46. The summed E-state index contributed by atoms with van der Waals surface area (Å²) >= 11 is 0. The third kappa shape index (κ3) is 4.39. The topological polar surface area (TPSA) is 109 Å². The SMILES string of the molecule is Cc1ncc(C(O)=C2C(=O)C(=O)N(CCCN3CCOCC3)[C@H]2c2ccccn2)c(C)n1. The maximum atomic E-state index is 13.1. The van der Waals surface area contributed by atoms with Gasteiger partial charge in [-0.3, -0.25) is 19.5 Å². The van der Waals surface area contributed by atoms with Crippen LogP contribution in [0.5, 0.6) is 0 Å². The minimum atomic E-state index is -0.762. The number of hydrogen-bond acceptors (Lipinski definition) is 8. The van der Waals surface area contributed by atoms with E-state index in [1.54, 1.807) is 38.2 Å². The van der Waals surface area contributed by atoms with Gasteiger partial charge in [-0.05, 0) is 32.4 Å². The molecule has 9 heteroatoms. The van der Waals surface area contributed by atoms with Crippen molar-refractivity contribution in [2.75, 3.05) is 39.4 Å². The quantitative estimate of drug-likeness (QED) is 0.413. The van der Waals surface area contributed by atoms with Crippen LogP contribution < -0.4 is 0 Å². The number of nitrogens with zero attached hydrogens (tertiary/aromatic N) is 5. The van der Waals surface area contributed by atoms with Gasteiger partial charge in [-0.2, -0.15) is 0 Å². The summed E-state index contributed by atoms with van der Waals surface area (Å²) in [4.78, 5) is 42.7. The Balaban J connectivity index is 1.67. The lowest BCUT2D eigenvalue weighted by Gasteiger charge is -2.28. The van der Waals surface area contributed by atoms with Gasteiger partial charge >= 0.3 is 0 Å². The molecule has 2 aliphatic rings. The minimum Gasteiger partial charge on any atom is -0.507 e. The molecule has 4 rings (SSSR count). The molecule has 1 atom stereocenters. The third-order valence-electron chi connectivity index (χ3n) is 5.84. The summed E-state index contributed by atoms with van der Waals surface area (Å²) in [6, 6.07) is 4.57. The van der Waals surface area contributed by atoms with E-state index in [9.17, 15) is 14.7 Å². The standard InChI is InChI=1S/C23H27N5O4/c1-15-17(14-25-16(2)26-15)21(29)19-20(18-6-3-4-7-24-18)28(23(31)22(19)30)9-5-8-27-10-12-32-13-11-27/h3-4,6-7,14,20,29H,5,8-13H2,1-2H3/t20-/m0/s1. The van der Waals surface area contributed by atoms with Crippen LogP contribution in [0.1, 0.15) is 35.2 Å². The van der Waals surface area contributed by atoms with Gasteiger partial charge in [-0.25, -0.2) is 9.97 Å². The van der Waals surface area contributed by atoms with Crippen molar-refractivity contribution in [2.45, 2.75) is 26.3 Å². The highest BCUT2D eigenvalue weighted by Crippen LogP contribution is 2.38. The van der Waals surface area contributed by atoms with Gasteiger partial charge in [0.15, 0.2) is 0 Å². The van der Waals surface area contributed by atoms with E-state index in [-0.39, 0.29) is 11.3 Å². The maximum Gasteiger partial charge on any atom is 0.295 e. The molecule has 2 aliphatic heterocycles. The van der Waals surface area contributed by atoms with Crippen LogP contribution in [0, 0.1) is 13.8 Å². The van der Waals surface area contributed by atoms with Crippen molar-refractivity contribution in [3.8, 4) is 0 Å². The largest absolute Gasteiger partial charge is 0.507 e. The Labute approximate surface area is 186 Å². The zero-order chi connectivity index (χ0) is 22.7. The van der Waals surface area contributed by atoms with E-state index in [1.807, 2.05) is 0 Å². The molecule has 0 radical (unpaired) electrons. The van der Waals surface area contributed by atoms with Gasteiger partial charge in [0.25, 0.3) is 11.7 Å². The number of carbonyl (C=O) groups is 2. The first-order chi connectivity index (χ1) is 15.5. The number of morpholine rings is 1. The molecule has 2 aromatic heterocycles. The molecule has 9 nitrogen and oxygen atoms in total. The molecule has 0 saturated carbocycles. The second kappa shape index (κ2) is 9.54. The molecule has 4 heterocycles. The molecule has 2 fully saturated rings. The smallest absolute Gasteiger partial charge is 0.295 e. The zero-order valence-electron chi connectivity index (χ0n) is 18.3. The Kier molecular flexibility index (Phi) is 6.57. The molecule has 2 saturated heterocycles. The van der Waals surface area contributed by atoms with E-state index in [4.69, 9.17) is 4.74 Å². The molecule has 0 spiro atoms. The summed E-state index contributed by atoms with van der Waals surface area (Å²) in [5.74, 6) is -1.06. The molecular weight excluding hydrogens is 410 g/mol. The number of hydrogen-bond donors (Lipinski definition) is 1. The summed E-state index contributed by atoms with van der Waals surface area (Å²) in [7, 11) is 0. The number of aryl methyl sites for hydroxylation is 2. The normalized spacial score (nSPS) is 21.3. The molecule has 1 N–H and O–H groups in total. The number of pyridine rings is 1. The van der Waals surface area contributed by atoms with Crippen LogP contribution in [-0.4, -0.2) is 80.9 Å². The van der Waals surface area contributed by atoms with Crippen molar-refractivity contribution in [1.29, 1.82) is 0 Å². The molecule has 1 amide bonds. The van der Waals surface area contributed by atoms with Gasteiger partial charge in [-0.15, -0.1) is 0 Å². The van der Waals surface area contributed by atoms with E-state index in [1.165, 1.54) is 11.1 Å². The van der Waals surface area contributed by atoms with E-state index in [2.05, 4.69) is 19.9 Å². The number of aromatic nitrogens is 3. The van der Waals surface area contributed by atoms with Crippen molar-refractivity contribution in [3.63, 3.8) is 0 Å². The Morgan fingerprint density at radius 2 is 1.94 bits per heavy atom. The summed E-state index contributed by atoms with van der Waals surface area (Å²) in [6.45, 7) is 7.78. The number of aliphatic hydroxyl groups is 1. The fraction of sp³-hybridized carbons (Fsp3) is 0.435. The van der Waals surface area contributed by atoms with E-state index < -0.39 is 17.7 Å². The number of carbonyl (C=O) groups excluding carboxylic acids is 2. The third-order valence-corrected chi connectivity index (χ3v) is 5.84. The van der Waals surface area contributed by atoms with E-state index >= 15 is 0 Å². The fourth-order valence-electron chi connectivity index (χ4n) is 4.21. The first kappa shape index (κ1) is 22.0. The zero-order valence-corrected chi connectivity index (χ0v) is 18.3. The monoisotopic (exact) mass is 437 g/mol. The second-order valence-electron chi connectivity index (χ2n) is 7.97. The Morgan fingerprint density at radius 1 is 1.16 bits per heavy atom.